The molecule has 2 amide bonds. The lowest BCUT2D eigenvalue weighted by Crippen LogP contribution is -2.53. The number of piperidine rings is 1. The molecule has 0 N–H and O–H groups in total. The minimum absolute atomic E-state index is 0.0243. The fraction of sp³-hybridized carbons (Fsp3) is 0.923. The van der Waals surface area contributed by atoms with Crippen LogP contribution < -0.4 is 0 Å². The number of hydrogen-bond acceptors (Lipinski definition) is 2. The van der Waals surface area contributed by atoms with Crippen molar-refractivity contribution in [3.8, 4) is 0 Å². The van der Waals surface area contributed by atoms with E-state index in [1.165, 1.54) is 0 Å². The van der Waals surface area contributed by atoms with Gasteiger partial charge in [0, 0.05) is 51.1 Å². The molecule has 3 aliphatic rings. The number of alkyl halides is 2. The summed E-state index contributed by atoms with van der Waals surface area (Å²) in [5.74, 6) is -2.48. The average Bonchev–Trinajstić information content (AvgIpc) is 2.91. The van der Waals surface area contributed by atoms with Crippen molar-refractivity contribution in [3.63, 3.8) is 0 Å². The molecule has 0 aromatic carbocycles. The zero-order valence-corrected chi connectivity index (χ0v) is 11.4. The predicted molar refractivity (Wildman–Crippen MR) is 67.3 cm³/mol. The maximum Gasteiger partial charge on any atom is 0.320 e. The first-order chi connectivity index (χ1) is 8.94. The summed E-state index contributed by atoms with van der Waals surface area (Å²) in [6.45, 7) is 4.24. The summed E-state index contributed by atoms with van der Waals surface area (Å²) < 4.78 is 26.6. The second-order valence-corrected chi connectivity index (χ2v) is 6.22. The van der Waals surface area contributed by atoms with E-state index >= 15 is 0 Å². The second-order valence-electron chi connectivity index (χ2n) is 6.22. The maximum atomic E-state index is 13.3. The quantitative estimate of drug-likeness (QED) is 0.668. The van der Waals surface area contributed by atoms with E-state index < -0.39 is 11.3 Å². The zero-order chi connectivity index (χ0) is 13.7. The standard InChI is InChI=1S/C13H21F2N3O/c1-16-6-8-18(9-7-16)11(19)17-4-2-12(3-5-17)10-13(12,14)15/h2-10H2,1H3. The lowest BCUT2D eigenvalue weighted by atomic mass is 9.93. The fourth-order valence-corrected chi connectivity index (χ4v) is 3.25. The zero-order valence-electron chi connectivity index (χ0n) is 11.4. The van der Waals surface area contributed by atoms with Crippen LogP contribution >= 0.6 is 0 Å². The van der Waals surface area contributed by atoms with Crippen LogP contribution in [0.3, 0.4) is 0 Å². The number of likely N-dealkylation sites (tertiary alicyclic amines) is 1. The second kappa shape index (κ2) is 4.30. The van der Waals surface area contributed by atoms with Crippen LogP contribution in [0.15, 0.2) is 0 Å². The van der Waals surface area contributed by atoms with Gasteiger partial charge < -0.3 is 14.7 Å². The first-order valence-corrected chi connectivity index (χ1v) is 7.04. The molecule has 0 aromatic heterocycles. The molecule has 3 rings (SSSR count). The third kappa shape index (κ3) is 2.20. The van der Waals surface area contributed by atoms with Crippen LogP contribution in [0.1, 0.15) is 19.3 Å². The summed E-state index contributed by atoms with van der Waals surface area (Å²) in [4.78, 5) is 18.1. The highest BCUT2D eigenvalue weighted by molar-refractivity contribution is 5.74. The van der Waals surface area contributed by atoms with Crippen molar-refractivity contribution in [1.82, 2.24) is 14.7 Å². The summed E-state index contributed by atoms with van der Waals surface area (Å²) in [6.07, 6.45) is 0.940. The Kier molecular flexibility index (Phi) is 2.96. The Balaban J connectivity index is 1.53. The van der Waals surface area contributed by atoms with Gasteiger partial charge in [-0.2, -0.15) is 0 Å². The number of carbonyl (C=O) groups excluding carboxylic acids is 1. The molecular formula is C13H21F2N3O. The molecule has 4 nitrogen and oxygen atoms in total. The number of carbonyl (C=O) groups is 1. The number of rotatable bonds is 0. The van der Waals surface area contributed by atoms with Crippen molar-refractivity contribution in [2.24, 2.45) is 5.41 Å². The lowest BCUT2D eigenvalue weighted by Gasteiger charge is -2.39. The number of nitrogens with zero attached hydrogens (tertiary/aromatic N) is 3. The molecule has 0 aromatic rings. The van der Waals surface area contributed by atoms with Gasteiger partial charge >= 0.3 is 6.03 Å². The van der Waals surface area contributed by atoms with Gasteiger partial charge in [-0.25, -0.2) is 13.6 Å². The van der Waals surface area contributed by atoms with Crippen molar-refractivity contribution >= 4 is 6.03 Å². The van der Waals surface area contributed by atoms with Crippen LogP contribution in [-0.4, -0.2) is 73.0 Å². The smallest absolute Gasteiger partial charge is 0.320 e. The van der Waals surface area contributed by atoms with Gasteiger partial charge in [-0.3, -0.25) is 0 Å². The Bertz CT molecular complexity index is 372. The van der Waals surface area contributed by atoms with Crippen molar-refractivity contribution in [3.05, 3.63) is 0 Å². The Morgan fingerprint density at radius 3 is 1.89 bits per heavy atom. The molecule has 6 heteroatoms. The number of likely N-dealkylation sites (N-methyl/N-ethyl adjacent to an activating group) is 1. The summed E-state index contributed by atoms with van der Waals surface area (Å²) >= 11 is 0. The van der Waals surface area contributed by atoms with E-state index in [9.17, 15) is 13.6 Å². The van der Waals surface area contributed by atoms with Crippen LogP contribution in [0.4, 0.5) is 13.6 Å². The summed E-state index contributed by atoms with van der Waals surface area (Å²) in [5.41, 5.74) is -0.772. The van der Waals surface area contributed by atoms with E-state index in [4.69, 9.17) is 0 Å². The molecule has 108 valence electrons. The van der Waals surface area contributed by atoms with Crippen LogP contribution in [0.5, 0.6) is 0 Å². The molecule has 19 heavy (non-hydrogen) atoms. The number of piperazine rings is 1. The summed E-state index contributed by atoms with van der Waals surface area (Å²) in [7, 11) is 2.04. The maximum absolute atomic E-state index is 13.3. The van der Waals surface area contributed by atoms with Crippen LogP contribution in [0.2, 0.25) is 0 Å². The van der Waals surface area contributed by atoms with Crippen LogP contribution in [0.25, 0.3) is 0 Å². The predicted octanol–water partition coefficient (Wildman–Crippen LogP) is 1.48. The van der Waals surface area contributed by atoms with E-state index in [0.29, 0.717) is 25.9 Å². The van der Waals surface area contributed by atoms with Crippen molar-refractivity contribution in [2.75, 3.05) is 46.3 Å². The third-order valence-corrected chi connectivity index (χ3v) is 4.98. The first-order valence-electron chi connectivity index (χ1n) is 7.04. The third-order valence-electron chi connectivity index (χ3n) is 4.98. The molecule has 0 bridgehead atoms. The van der Waals surface area contributed by atoms with E-state index in [0.717, 1.165) is 26.2 Å². The monoisotopic (exact) mass is 273 g/mol. The Morgan fingerprint density at radius 2 is 1.42 bits per heavy atom. The normalized spacial score (nSPS) is 29.6. The van der Waals surface area contributed by atoms with Gasteiger partial charge in [-0.05, 0) is 19.9 Å². The van der Waals surface area contributed by atoms with Gasteiger partial charge in [0.05, 0.1) is 0 Å². The molecule has 0 radical (unpaired) electrons. The molecule has 3 fully saturated rings. The van der Waals surface area contributed by atoms with Gasteiger partial charge in [-0.1, -0.05) is 0 Å². The lowest BCUT2D eigenvalue weighted by molar-refractivity contribution is 0.0322. The summed E-state index contributed by atoms with van der Waals surface area (Å²) in [6, 6.07) is 0.0342. The molecule has 2 heterocycles. The number of amides is 2. The Morgan fingerprint density at radius 1 is 0.947 bits per heavy atom. The van der Waals surface area contributed by atoms with Crippen molar-refractivity contribution in [2.45, 2.75) is 25.2 Å². The van der Waals surface area contributed by atoms with E-state index in [-0.39, 0.29) is 12.5 Å². The highest BCUT2D eigenvalue weighted by Gasteiger charge is 2.70. The van der Waals surface area contributed by atoms with Crippen molar-refractivity contribution < 1.29 is 13.6 Å². The minimum Gasteiger partial charge on any atom is -0.325 e. The SMILES string of the molecule is CN1CCN(C(=O)N2CCC3(CC2)CC3(F)F)CC1. The molecule has 2 saturated heterocycles. The highest BCUT2D eigenvalue weighted by Crippen LogP contribution is 2.65. The molecule has 0 unspecified atom stereocenters. The van der Waals surface area contributed by atoms with Crippen molar-refractivity contribution in [1.29, 1.82) is 0 Å². The molecular weight excluding hydrogens is 252 g/mol. The summed E-state index contributed by atoms with van der Waals surface area (Å²) in [5, 5.41) is 0. The molecule has 0 atom stereocenters. The highest BCUT2D eigenvalue weighted by atomic mass is 19.3. The number of hydrogen-bond donors (Lipinski definition) is 0. The topological polar surface area (TPSA) is 26.8 Å². The van der Waals surface area contributed by atoms with E-state index in [1.807, 2.05) is 11.9 Å². The minimum atomic E-state index is -2.48. The van der Waals surface area contributed by atoms with Crippen LogP contribution in [0, 0.1) is 5.41 Å². The molecule has 1 aliphatic carbocycles. The van der Waals surface area contributed by atoms with Gasteiger partial charge in [-0.15, -0.1) is 0 Å². The largest absolute Gasteiger partial charge is 0.325 e. The Labute approximate surface area is 112 Å². The van der Waals surface area contributed by atoms with Gasteiger partial charge in [0.1, 0.15) is 0 Å². The van der Waals surface area contributed by atoms with Gasteiger partial charge in [0.25, 0.3) is 5.92 Å². The van der Waals surface area contributed by atoms with E-state index in [2.05, 4.69) is 4.90 Å². The number of halogens is 2. The van der Waals surface area contributed by atoms with E-state index in [1.54, 1.807) is 4.90 Å². The fourth-order valence-electron chi connectivity index (χ4n) is 3.25. The van der Waals surface area contributed by atoms with Gasteiger partial charge in [0.2, 0.25) is 0 Å². The van der Waals surface area contributed by atoms with Crippen LogP contribution in [-0.2, 0) is 0 Å². The molecule has 2 aliphatic heterocycles. The Hall–Kier alpha value is -0.910. The first kappa shape index (κ1) is 13.1. The average molecular weight is 273 g/mol. The number of urea groups is 1. The molecule has 1 spiro atoms. The van der Waals surface area contributed by atoms with Gasteiger partial charge in [0.15, 0.2) is 0 Å². The molecule has 1 saturated carbocycles.